The second-order valence-corrected chi connectivity index (χ2v) is 15.4. The average Bonchev–Trinajstić information content (AvgIpc) is 3.06. The van der Waals surface area contributed by atoms with E-state index in [0.29, 0.717) is 61.8 Å². The number of ether oxygens (including phenoxy) is 3. The van der Waals surface area contributed by atoms with Gasteiger partial charge in [-0.05, 0) is 98.5 Å². The molecule has 0 aromatic heterocycles. The maximum Gasteiger partial charge on any atom is 0.410 e. The monoisotopic (exact) mass is 696 g/mol. The first-order chi connectivity index (χ1) is 23.7. The summed E-state index contributed by atoms with van der Waals surface area (Å²) >= 11 is 0. The summed E-state index contributed by atoms with van der Waals surface area (Å²) in [5.41, 5.74) is 0.299. The van der Waals surface area contributed by atoms with Gasteiger partial charge in [-0.15, -0.1) is 0 Å². The molecule has 276 valence electrons. The Hall–Kier alpha value is -4.04. The lowest BCUT2D eigenvalue weighted by Crippen LogP contribution is -2.50. The molecule has 0 atom stereocenters. The molecule has 1 aromatic carbocycles. The van der Waals surface area contributed by atoms with E-state index in [1.807, 2.05) is 53.7 Å². The summed E-state index contributed by atoms with van der Waals surface area (Å²) < 4.78 is 17.0. The molecule has 0 spiro atoms. The van der Waals surface area contributed by atoms with Gasteiger partial charge in [-0.1, -0.05) is 0 Å². The number of alkyl carbamates (subject to hydrolysis) is 1. The third-order valence-electron chi connectivity index (χ3n) is 8.93. The van der Waals surface area contributed by atoms with Crippen LogP contribution < -0.4 is 20.7 Å². The number of carbonyl (C=O) groups excluding carboxylic acids is 3. The minimum atomic E-state index is -0.494. The summed E-state index contributed by atoms with van der Waals surface area (Å²) in [7, 11) is 0. The molecule has 3 N–H and O–H groups in total. The highest BCUT2D eigenvalue weighted by Crippen LogP contribution is 2.34. The molecule has 1 aromatic rings. The zero-order chi connectivity index (χ0) is 35.9. The van der Waals surface area contributed by atoms with Crippen LogP contribution in [0, 0.1) is 0 Å². The number of benzene rings is 1. The van der Waals surface area contributed by atoms with Gasteiger partial charge < -0.3 is 44.9 Å². The number of piperidine rings is 1. The number of nitrogens with one attached hydrogen (secondary N) is 3. The molecular weight excluding hydrogens is 640 g/mol. The largest absolute Gasteiger partial charge is 0.450 e. The number of amidine groups is 1. The predicted molar refractivity (Wildman–Crippen MR) is 192 cm³/mol. The standard InChI is InChI=1S/C36H56N8O6/c1-35(2,3)49-33(46)38-14-8-15-41-17-11-27(12-18-41)44-24-30-31(39-25-44)40-28-23-26(9-10-29(28)48-30)32(45)37-13-7-16-42-19-21-43(22-20-42)34(47)50-36(4,5)6/h9-10,23-24,27H,7-8,11-22,25H2,1-6H3,(H,37,45)(H,38,46)(H,39,40). The van der Waals surface area contributed by atoms with Gasteiger partial charge in [0.2, 0.25) is 0 Å². The topological polar surface area (TPSA) is 140 Å². The molecule has 0 unspecified atom stereocenters. The SMILES string of the molecule is CC(C)(C)OC(=O)NCCCN1CCC(N2C=C3Oc4ccc(C(=O)NCCCN5CCN(C(=O)OC(C)(C)C)CC5)cc4NC3=NC2)CC1. The van der Waals surface area contributed by atoms with Gasteiger partial charge >= 0.3 is 12.2 Å². The lowest BCUT2D eigenvalue weighted by atomic mass is 10.0. The third kappa shape index (κ3) is 11.0. The van der Waals surface area contributed by atoms with Gasteiger partial charge in [0, 0.05) is 70.2 Å². The van der Waals surface area contributed by atoms with Gasteiger partial charge in [-0.25, -0.2) is 14.6 Å². The Kier molecular flexibility index (Phi) is 12.2. The van der Waals surface area contributed by atoms with E-state index >= 15 is 0 Å². The van der Waals surface area contributed by atoms with E-state index in [1.165, 1.54) is 0 Å². The molecule has 0 bridgehead atoms. The van der Waals surface area contributed by atoms with E-state index in [4.69, 9.17) is 19.2 Å². The van der Waals surface area contributed by atoms with Crippen LogP contribution in [0.5, 0.6) is 5.75 Å². The highest BCUT2D eigenvalue weighted by atomic mass is 16.6. The van der Waals surface area contributed by atoms with Crippen LogP contribution in [0.3, 0.4) is 0 Å². The van der Waals surface area contributed by atoms with Crippen molar-refractivity contribution in [2.45, 2.75) is 84.5 Å². The molecule has 14 heteroatoms. The average molecular weight is 697 g/mol. The van der Waals surface area contributed by atoms with Gasteiger partial charge in [-0.2, -0.15) is 0 Å². The smallest absolute Gasteiger partial charge is 0.410 e. The number of likely N-dealkylation sites (tertiary alicyclic amines) is 1. The maximum absolute atomic E-state index is 13.0. The van der Waals surface area contributed by atoms with Crippen LogP contribution in [0.2, 0.25) is 0 Å². The fraction of sp³-hybridized carbons (Fsp3) is 0.667. The Balaban J connectivity index is 1.000. The Bertz CT molecular complexity index is 1420. The molecule has 2 fully saturated rings. The number of hydrogen-bond acceptors (Lipinski definition) is 11. The zero-order valence-corrected chi connectivity index (χ0v) is 30.7. The van der Waals surface area contributed by atoms with Gasteiger partial charge in [0.1, 0.15) is 17.9 Å². The molecule has 4 aliphatic rings. The van der Waals surface area contributed by atoms with E-state index < -0.39 is 11.2 Å². The van der Waals surface area contributed by atoms with Crippen molar-refractivity contribution in [1.82, 2.24) is 30.2 Å². The molecule has 0 aliphatic carbocycles. The first-order valence-electron chi connectivity index (χ1n) is 18.0. The number of amides is 3. The van der Waals surface area contributed by atoms with E-state index in [9.17, 15) is 14.4 Å². The van der Waals surface area contributed by atoms with E-state index in [1.54, 1.807) is 11.0 Å². The summed E-state index contributed by atoms with van der Waals surface area (Å²) in [5, 5.41) is 9.24. The highest BCUT2D eigenvalue weighted by molar-refractivity contribution is 6.10. The Morgan fingerprint density at radius 2 is 1.52 bits per heavy atom. The van der Waals surface area contributed by atoms with E-state index in [0.717, 1.165) is 70.6 Å². The lowest BCUT2D eigenvalue weighted by Gasteiger charge is -2.39. The number of hydrogen-bond donors (Lipinski definition) is 3. The molecule has 4 heterocycles. The highest BCUT2D eigenvalue weighted by Gasteiger charge is 2.30. The number of piperazine rings is 1. The van der Waals surface area contributed by atoms with Crippen LogP contribution >= 0.6 is 0 Å². The summed E-state index contributed by atoms with van der Waals surface area (Å²) in [4.78, 5) is 50.7. The number of nitrogens with zero attached hydrogens (tertiary/aromatic N) is 5. The quantitative estimate of drug-likeness (QED) is 0.307. The van der Waals surface area contributed by atoms with Crippen molar-refractivity contribution < 1.29 is 28.6 Å². The number of fused-ring (bicyclic) bond motifs is 2. The van der Waals surface area contributed by atoms with Crippen molar-refractivity contribution in [2.75, 3.05) is 77.4 Å². The van der Waals surface area contributed by atoms with E-state index in [-0.39, 0.29) is 18.1 Å². The minimum Gasteiger partial charge on any atom is -0.450 e. The zero-order valence-electron chi connectivity index (χ0n) is 30.7. The van der Waals surface area contributed by atoms with Crippen LogP contribution in [-0.2, 0) is 9.47 Å². The summed E-state index contributed by atoms with van der Waals surface area (Å²) in [6.45, 7) is 19.6. The first-order valence-corrected chi connectivity index (χ1v) is 18.0. The van der Waals surface area contributed by atoms with Crippen LogP contribution in [0.4, 0.5) is 15.3 Å². The first kappa shape index (κ1) is 37.2. The summed E-state index contributed by atoms with van der Waals surface area (Å²) in [6, 6.07) is 5.80. The second-order valence-electron chi connectivity index (χ2n) is 15.4. The van der Waals surface area contributed by atoms with Crippen LogP contribution in [-0.4, -0.2) is 133 Å². The molecule has 0 radical (unpaired) electrons. The van der Waals surface area contributed by atoms with Gasteiger partial charge in [-0.3, -0.25) is 9.69 Å². The second kappa shape index (κ2) is 16.3. The number of carbonyl (C=O) groups is 3. The molecule has 5 rings (SSSR count). The Morgan fingerprint density at radius 1 is 0.880 bits per heavy atom. The Morgan fingerprint density at radius 3 is 2.18 bits per heavy atom. The number of anilines is 1. The molecule has 14 nitrogen and oxygen atoms in total. The van der Waals surface area contributed by atoms with Crippen LogP contribution in [0.15, 0.2) is 35.2 Å². The fourth-order valence-electron chi connectivity index (χ4n) is 6.35. The van der Waals surface area contributed by atoms with E-state index in [2.05, 4.69) is 36.9 Å². The van der Waals surface area contributed by atoms with Crippen LogP contribution in [0.1, 0.15) is 77.6 Å². The number of rotatable bonds is 10. The fourth-order valence-corrected chi connectivity index (χ4v) is 6.35. The van der Waals surface area contributed by atoms with Crippen molar-refractivity contribution in [3.8, 4) is 5.75 Å². The molecule has 4 aliphatic heterocycles. The van der Waals surface area contributed by atoms with Crippen molar-refractivity contribution in [1.29, 1.82) is 0 Å². The summed E-state index contributed by atoms with van der Waals surface area (Å²) in [6.07, 6.45) is 5.19. The number of aliphatic imine (C=N–C) groups is 1. The summed E-state index contributed by atoms with van der Waals surface area (Å²) in [5.74, 6) is 1.89. The van der Waals surface area contributed by atoms with Gasteiger partial charge in [0.25, 0.3) is 5.91 Å². The molecule has 2 saturated heterocycles. The molecular formula is C36H56N8O6. The minimum absolute atomic E-state index is 0.131. The lowest BCUT2D eigenvalue weighted by molar-refractivity contribution is 0.0144. The van der Waals surface area contributed by atoms with Crippen molar-refractivity contribution in [3.63, 3.8) is 0 Å². The van der Waals surface area contributed by atoms with Crippen LogP contribution in [0.25, 0.3) is 0 Å². The predicted octanol–water partition coefficient (Wildman–Crippen LogP) is 4.06. The third-order valence-corrected chi connectivity index (χ3v) is 8.93. The van der Waals surface area contributed by atoms with Gasteiger partial charge in [0.15, 0.2) is 17.3 Å². The molecule has 50 heavy (non-hydrogen) atoms. The normalized spacial score (nSPS) is 18.8. The Labute approximate surface area is 296 Å². The van der Waals surface area contributed by atoms with Gasteiger partial charge in [0.05, 0.1) is 5.69 Å². The van der Waals surface area contributed by atoms with Crippen molar-refractivity contribution in [2.24, 2.45) is 4.99 Å². The molecule has 3 amide bonds. The maximum atomic E-state index is 13.0. The molecule has 0 saturated carbocycles. The van der Waals surface area contributed by atoms with Crippen molar-refractivity contribution in [3.05, 3.63) is 35.7 Å². The van der Waals surface area contributed by atoms with Crippen molar-refractivity contribution >= 4 is 29.6 Å².